The molecule has 1 aliphatic heterocycles. The predicted molar refractivity (Wildman–Crippen MR) is 160 cm³/mol. The summed E-state index contributed by atoms with van der Waals surface area (Å²) in [6, 6.07) is 14.2. The number of rotatable bonds is 10. The van der Waals surface area contributed by atoms with Crippen LogP contribution >= 0.6 is 39.3 Å². The maximum atomic E-state index is 13.0. The van der Waals surface area contributed by atoms with Gasteiger partial charge in [-0.05, 0) is 88.6 Å². The molecule has 0 spiro atoms. The molecule has 41 heavy (non-hydrogen) atoms. The number of carbonyl (C=O) groups excluding carboxylic acids is 3. The summed E-state index contributed by atoms with van der Waals surface area (Å²) in [6.07, 6.45) is 1.56. The Kier molecular flexibility index (Phi) is 9.69. The second kappa shape index (κ2) is 13.2. The molecule has 1 fully saturated rings. The normalized spacial score (nSPS) is 14.0. The van der Waals surface area contributed by atoms with Crippen molar-refractivity contribution in [3.8, 4) is 11.5 Å². The van der Waals surface area contributed by atoms with Crippen molar-refractivity contribution in [2.24, 2.45) is 0 Å². The van der Waals surface area contributed by atoms with Gasteiger partial charge in [-0.15, -0.1) is 0 Å². The summed E-state index contributed by atoms with van der Waals surface area (Å²) in [7, 11) is 0. The standard InChI is InChI=1S/C28H23BrClN3O7S/c1-3-39-23-11-18(10-21(29)26(23)40-15-25(34)31-19-7-4-16(2)22(30)13-19)12-24-27(35)32(28(36)41-24)14-17-5-8-20(9-6-17)33(37)38/h4-13H,3,14-15H2,1-2H3,(H,31,34)/b24-12-. The molecule has 0 radical (unpaired) electrons. The number of ether oxygens (including phenoxy) is 2. The minimum Gasteiger partial charge on any atom is -0.490 e. The molecule has 3 amide bonds. The first-order valence-corrected chi connectivity index (χ1v) is 14.2. The molecule has 0 saturated carbocycles. The molecule has 10 nitrogen and oxygen atoms in total. The van der Waals surface area contributed by atoms with Crippen molar-refractivity contribution in [2.45, 2.75) is 20.4 Å². The van der Waals surface area contributed by atoms with E-state index in [0.717, 1.165) is 22.2 Å². The minimum absolute atomic E-state index is 0.0163. The molecule has 13 heteroatoms. The number of nitro benzene ring substituents is 1. The zero-order valence-electron chi connectivity index (χ0n) is 21.8. The van der Waals surface area contributed by atoms with Crippen molar-refractivity contribution in [3.63, 3.8) is 0 Å². The van der Waals surface area contributed by atoms with Gasteiger partial charge in [0.05, 0.1) is 27.5 Å². The lowest BCUT2D eigenvalue weighted by molar-refractivity contribution is -0.384. The Bertz CT molecular complexity index is 1560. The van der Waals surface area contributed by atoms with Crippen LogP contribution in [0.25, 0.3) is 6.08 Å². The Morgan fingerprint density at radius 1 is 1.15 bits per heavy atom. The van der Waals surface area contributed by atoms with Crippen molar-refractivity contribution in [3.05, 3.63) is 95.8 Å². The summed E-state index contributed by atoms with van der Waals surface area (Å²) in [5, 5.41) is 13.7. The molecule has 1 heterocycles. The van der Waals surface area contributed by atoms with Crippen LogP contribution in [0.3, 0.4) is 0 Å². The smallest absolute Gasteiger partial charge is 0.293 e. The summed E-state index contributed by atoms with van der Waals surface area (Å²) >= 11 is 10.4. The average molecular weight is 661 g/mol. The maximum Gasteiger partial charge on any atom is 0.293 e. The zero-order valence-corrected chi connectivity index (χ0v) is 25.0. The van der Waals surface area contributed by atoms with Crippen LogP contribution in [-0.4, -0.2) is 40.1 Å². The Hall–Kier alpha value is -3.87. The highest BCUT2D eigenvalue weighted by Crippen LogP contribution is 2.39. The van der Waals surface area contributed by atoms with E-state index in [1.165, 1.54) is 24.3 Å². The topological polar surface area (TPSA) is 128 Å². The number of hydrogen-bond acceptors (Lipinski definition) is 8. The van der Waals surface area contributed by atoms with Gasteiger partial charge < -0.3 is 14.8 Å². The second-order valence-electron chi connectivity index (χ2n) is 8.76. The van der Waals surface area contributed by atoms with Gasteiger partial charge >= 0.3 is 0 Å². The number of halogens is 2. The van der Waals surface area contributed by atoms with Crippen molar-refractivity contribution < 1.29 is 28.8 Å². The van der Waals surface area contributed by atoms with E-state index in [-0.39, 0.29) is 23.7 Å². The Morgan fingerprint density at radius 3 is 2.54 bits per heavy atom. The fourth-order valence-corrected chi connectivity index (χ4v) is 5.37. The molecule has 0 aliphatic carbocycles. The predicted octanol–water partition coefficient (Wildman–Crippen LogP) is 6.97. The van der Waals surface area contributed by atoms with Gasteiger partial charge in [0.25, 0.3) is 22.7 Å². The van der Waals surface area contributed by atoms with Crippen LogP contribution in [0.5, 0.6) is 11.5 Å². The molecule has 4 rings (SSSR count). The Labute approximate surface area is 252 Å². The highest BCUT2D eigenvalue weighted by Gasteiger charge is 2.35. The van der Waals surface area contributed by atoms with Gasteiger partial charge in [-0.3, -0.25) is 29.4 Å². The maximum absolute atomic E-state index is 13.0. The van der Waals surface area contributed by atoms with Crippen LogP contribution in [-0.2, 0) is 16.1 Å². The number of nitro groups is 1. The summed E-state index contributed by atoms with van der Waals surface area (Å²) in [5.74, 6) is -0.248. The third-order valence-corrected chi connectivity index (χ3v) is 7.70. The van der Waals surface area contributed by atoms with Crippen molar-refractivity contribution in [1.82, 2.24) is 4.90 Å². The van der Waals surface area contributed by atoms with E-state index in [0.29, 0.717) is 44.4 Å². The van der Waals surface area contributed by atoms with Crippen LogP contribution in [0, 0.1) is 17.0 Å². The number of nitrogens with one attached hydrogen (secondary N) is 1. The molecular weight excluding hydrogens is 638 g/mol. The van der Waals surface area contributed by atoms with Gasteiger partial charge in [0, 0.05) is 22.8 Å². The largest absolute Gasteiger partial charge is 0.490 e. The molecular formula is C28H23BrClN3O7S. The highest BCUT2D eigenvalue weighted by atomic mass is 79.9. The van der Waals surface area contributed by atoms with E-state index >= 15 is 0 Å². The second-order valence-corrected chi connectivity index (χ2v) is 11.0. The minimum atomic E-state index is -0.520. The van der Waals surface area contributed by atoms with Crippen molar-refractivity contribution >= 4 is 73.8 Å². The molecule has 0 atom stereocenters. The number of amides is 3. The molecule has 212 valence electrons. The number of benzene rings is 3. The summed E-state index contributed by atoms with van der Waals surface area (Å²) in [4.78, 5) is 49.7. The monoisotopic (exact) mass is 659 g/mol. The van der Waals surface area contributed by atoms with E-state index in [1.807, 2.05) is 6.92 Å². The van der Waals surface area contributed by atoms with E-state index < -0.39 is 22.0 Å². The van der Waals surface area contributed by atoms with E-state index in [4.69, 9.17) is 21.1 Å². The highest BCUT2D eigenvalue weighted by molar-refractivity contribution is 9.10. The number of carbonyl (C=O) groups is 3. The number of nitrogens with zero attached hydrogens (tertiary/aromatic N) is 2. The molecule has 3 aromatic carbocycles. The average Bonchev–Trinajstić information content (AvgIpc) is 3.18. The first-order chi connectivity index (χ1) is 19.5. The summed E-state index contributed by atoms with van der Waals surface area (Å²) in [5.41, 5.74) is 2.49. The number of aryl methyl sites for hydroxylation is 1. The molecule has 0 unspecified atom stereocenters. The molecule has 1 N–H and O–H groups in total. The summed E-state index contributed by atoms with van der Waals surface area (Å²) < 4.78 is 12.0. The van der Waals surface area contributed by atoms with E-state index in [1.54, 1.807) is 43.3 Å². The van der Waals surface area contributed by atoms with Gasteiger partial charge in [0.15, 0.2) is 18.1 Å². The first kappa shape index (κ1) is 30.1. The first-order valence-electron chi connectivity index (χ1n) is 12.2. The lowest BCUT2D eigenvalue weighted by Crippen LogP contribution is -2.27. The number of thioether (sulfide) groups is 1. The fraction of sp³-hybridized carbons (Fsp3) is 0.179. The molecule has 1 aliphatic rings. The van der Waals surface area contributed by atoms with Gasteiger partial charge in [0.2, 0.25) is 0 Å². The van der Waals surface area contributed by atoms with Crippen LogP contribution < -0.4 is 14.8 Å². The number of non-ortho nitro benzene ring substituents is 1. The number of imide groups is 1. The lowest BCUT2D eigenvalue weighted by atomic mass is 10.1. The van der Waals surface area contributed by atoms with E-state index in [9.17, 15) is 24.5 Å². The zero-order chi connectivity index (χ0) is 29.7. The van der Waals surface area contributed by atoms with Crippen LogP contribution in [0.2, 0.25) is 5.02 Å². The SMILES string of the molecule is CCOc1cc(/C=C2\SC(=O)N(Cc3ccc([N+](=O)[O-])cc3)C2=O)cc(Br)c1OCC(=O)Nc1ccc(C)c(Cl)c1. The summed E-state index contributed by atoms with van der Waals surface area (Å²) in [6.45, 7) is 3.65. The number of hydrogen-bond donors (Lipinski definition) is 1. The van der Waals surface area contributed by atoms with E-state index in [2.05, 4.69) is 21.2 Å². The molecule has 1 saturated heterocycles. The Balaban J connectivity index is 1.47. The molecule has 0 aromatic heterocycles. The van der Waals surface area contributed by atoms with Gasteiger partial charge in [-0.2, -0.15) is 0 Å². The van der Waals surface area contributed by atoms with Crippen molar-refractivity contribution in [1.29, 1.82) is 0 Å². The number of anilines is 1. The lowest BCUT2D eigenvalue weighted by Gasteiger charge is -2.15. The molecule has 3 aromatic rings. The third kappa shape index (κ3) is 7.46. The molecule has 0 bridgehead atoms. The van der Waals surface area contributed by atoms with Gasteiger partial charge in [0.1, 0.15) is 0 Å². The Morgan fingerprint density at radius 2 is 1.88 bits per heavy atom. The van der Waals surface area contributed by atoms with Crippen LogP contribution in [0.1, 0.15) is 23.6 Å². The van der Waals surface area contributed by atoms with Crippen LogP contribution in [0.4, 0.5) is 16.2 Å². The van der Waals surface area contributed by atoms with Gasteiger partial charge in [-0.1, -0.05) is 29.8 Å². The van der Waals surface area contributed by atoms with Gasteiger partial charge in [-0.25, -0.2) is 0 Å². The van der Waals surface area contributed by atoms with Crippen molar-refractivity contribution in [2.75, 3.05) is 18.5 Å². The third-order valence-electron chi connectivity index (χ3n) is 5.79. The quantitative estimate of drug-likeness (QED) is 0.140. The van der Waals surface area contributed by atoms with Crippen LogP contribution in [0.15, 0.2) is 64.0 Å². The fourth-order valence-electron chi connectivity index (χ4n) is 3.77.